The predicted molar refractivity (Wildman–Crippen MR) is 114 cm³/mol. The number of carboxylic acids is 1. The highest BCUT2D eigenvalue weighted by atomic mass is 16.4. The fourth-order valence-corrected chi connectivity index (χ4v) is 4.11. The van der Waals surface area contributed by atoms with Crippen molar-refractivity contribution in [2.45, 2.75) is 19.4 Å². The maximum atomic E-state index is 13.7. The van der Waals surface area contributed by atoms with Crippen molar-refractivity contribution in [3.63, 3.8) is 0 Å². The number of hydrogen-bond acceptors (Lipinski definition) is 4. The molecule has 0 aliphatic heterocycles. The predicted octanol–water partition coefficient (Wildman–Crippen LogP) is 3.07. The third-order valence-corrected chi connectivity index (χ3v) is 5.46. The molecule has 0 spiro atoms. The molecule has 2 aromatic carbocycles. The van der Waals surface area contributed by atoms with E-state index in [4.69, 9.17) is 5.11 Å². The Bertz CT molecular complexity index is 1480. The molecule has 30 heavy (non-hydrogen) atoms. The van der Waals surface area contributed by atoms with Crippen molar-refractivity contribution >= 4 is 33.6 Å². The highest BCUT2D eigenvalue weighted by Crippen LogP contribution is 2.29. The summed E-state index contributed by atoms with van der Waals surface area (Å²) in [7, 11) is 1.90. The van der Waals surface area contributed by atoms with Gasteiger partial charge in [-0.3, -0.25) is 14.2 Å². The number of nitrogens with zero attached hydrogens (tertiary/aromatic N) is 5. The summed E-state index contributed by atoms with van der Waals surface area (Å²) in [4.78, 5) is 24.7. The minimum atomic E-state index is -0.889. The van der Waals surface area contributed by atoms with Gasteiger partial charge in [-0.15, -0.1) is 5.10 Å². The Morgan fingerprint density at radius 3 is 2.53 bits per heavy atom. The fraction of sp³-hybridized carbons (Fsp3) is 0.182. The molecule has 5 rings (SSSR count). The Kier molecular flexibility index (Phi) is 4.13. The average molecular weight is 401 g/mol. The summed E-state index contributed by atoms with van der Waals surface area (Å²) in [5.41, 5.74) is 3.42. The molecule has 0 unspecified atom stereocenters. The number of para-hydroxylation sites is 1. The van der Waals surface area contributed by atoms with Crippen LogP contribution in [0.4, 0.5) is 0 Å². The van der Waals surface area contributed by atoms with E-state index in [1.807, 2.05) is 66.2 Å². The largest absolute Gasteiger partial charge is 0.481 e. The number of hydrogen-bond donors (Lipinski definition) is 1. The van der Waals surface area contributed by atoms with Crippen molar-refractivity contribution in [1.29, 1.82) is 0 Å². The summed E-state index contributed by atoms with van der Waals surface area (Å²) >= 11 is 0. The van der Waals surface area contributed by atoms with Gasteiger partial charge in [0.1, 0.15) is 5.69 Å². The molecule has 5 aromatic rings. The summed E-state index contributed by atoms with van der Waals surface area (Å²) in [5.74, 6) is -0.889. The number of rotatable bonds is 5. The lowest BCUT2D eigenvalue weighted by Crippen LogP contribution is -2.24. The maximum absolute atomic E-state index is 13.7. The molecule has 1 N–H and O–H groups in total. The van der Waals surface area contributed by atoms with Crippen LogP contribution in [0.2, 0.25) is 0 Å². The minimum Gasteiger partial charge on any atom is -0.481 e. The van der Waals surface area contributed by atoms with E-state index in [0.29, 0.717) is 28.8 Å². The van der Waals surface area contributed by atoms with Crippen LogP contribution >= 0.6 is 0 Å². The number of aliphatic carboxylic acids is 1. The van der Waals surface area contributed by atoms with Gasteiger partial charge in [-0.25, -0.2) is 0 Å². The summed E-state index contributed by atoms with van der Waals surface area (Å²) < 4.78 is 5.25. The second kappa shape index (κ2) is 6.84. The molecule has 0 atom stereocenters. The molecule has 8 nitrogen and oxygen atoms in total. The molecule has 0 bridgehead atoms. The zero-order chi connectivity index (χ0) is 20.8. The molecule has 0 saturated carbocycles. The number of fused-ring (bicyclic) bond motifs is 5. The first-order chi connectivity index (χ1) is 14.6. The van der Waals surface area contributed by atoms with Crippen LogP contribution in [0.15, 0.2) is 59.4 Å². The number of benzene rings is 2. The van der Waals surface area contributed by atoms with E-state index >= 15 is 0 Å². The van der Waals surface area contributed by atoms with E-state index in [-0.39, 0.29) is 18.5 Å². The molecule has 0 saturated heterocycles. The van der Waals surface area contributed by atoms with Crippen LogP contribution in [0.5, 0.6) is 0 Å². The molecule has 3 heterocycles. The smallest absolute Gasteiger partial charge is 0.303 e. The van der Waals surface area contributed by atoms with Crippen LogP contribution in [0, 0.1) is 0 Å². The third-order valence-electron chi connectivity index (χ3n) is 5.46. The number of aryl methyl sites for hydroxylation is 2. The van der Waals surface area contributed by atoms with Crippen LogP contribution in [0.1, 0.15) is 12.8 Å². The van der Waals surface area contributed by atoms with E-state index in [1.165, 1.54) is 0 Å². The van der Waals surface area contributed by atoms with Crippen LogP contribution in [-0.4, -0.2) is 35.0 Å². The molecule has 150 valence electrons. The van der Waals surface area contributed by atoms with Gasteiger partial charge in [0.05, 0.1) is 10.9 Å². The number of carboxylic acid groups (broad SMARTS) is 1. The van der Waals surface area contributed by atoms with E-state index in [2.05, 4.69) is 10.3 Å². The number of aromatic nitrogens is 5. The van der Waals surface area contributed by atoms with Crippen LogP contribution in [0.25, 0.3) is 38.8 Å². The lowest BCUT2D eigenvalue weighted by atomic mass is 10.1. The summed E-state index contributed by atoms with van der Waals surface area (Å²) in [6, 6.07) is 17.3. The van der Waals surface area contributed by atoms with Crippen molar-refractivity contribution in [2.24, 2.45) is 7.05 Å². The van der Waals surface area contributed by atoms with Crippen molar-refractivity contribution in [3.05, 3.63) is 65.0 Å². The second-order valence-corrected chi connectivity index (χ2v) is 7.27. The molecule has 3 aromatic heterocycles. The van der Waals surface area contributed by atoms with Crippen LogP contribution in [-0.2, 0) is 18.4 Å². The molecule has 0 radical (unpaired) electrons. The molecule has 0 aliphatic carbocycles. The monoisotopic (exact) mass is 401 g/mol. The van der Waals surface area contributed by atoms with Crippen molar-refractivity contribution in [1.82, 2.24) is 24.0 Å². The van der Waals surface area contributed by atoms with E-state index in [9.17, 15) is 9.59 Å². The Labute approximate surface area is 170 Å². The molecule has 8 heteroatoms. The SMILES string of the molecule is Cn1c2ccccc2c2c(=O)n(CCCC(=O)O)c3c(-c4ccccc4)nnn3c21. The van der Waals surface area contributed by atoms with E-state index < -0.39 is 5.97 Å². The normalized spacial score (nSPS) is 11.6. The highest BCUT2D eigenvalue weighted by Gasteiger charge is 2.22. The fourth-order valence-electron chi connectivity index (χ4n) is 4.11. The van der Waals surface area contributed by atoms with Crippen molar-refractivity contribution in [2.75, 3.05) is 0 Å². The van der Waals surface area contributed by atoms with Gasteiger partial charge >= 0.3 is 5.97 Å². The van der Waals surface area contributed by atoms with Gasteiger partial charge < -0.3 is 9.67 Å². The zero-order valence-corrected chi connectivity index (χ0v) is 16.3. The third kappa shape index (κ3) is 2.61. The van der Waals surface area contributed by atoms with Gasteiger partial charge in [0.25, 0.3) is 5.56 Å². The first-order valence-electron chi connectivity index (χ1n) is 9.70. The molecule has 0 aliphatic rings. The van der Waals surface area contributed by atoms with Gasteiger partial charge in [-0.1, -0.05) is 53.7 Å². The van der Waals surface area contributed by atoms with Crippen LogP contribution < -0.4 is 5.56 Å². The zero-order valence-electron chi connectivity index (χ0n) is 16.3. The Morgan fingerprint density at radius 1 is 1.03 bits per heavy atom. The Morgan fingerprint density at radius 2 is 1.77 bits per heavy atom. The number of carbonyl (C=O) groups is 1. The average Bonchev–Trinajstić information content (AvgIpc) is 3.31. The quantitative estimate of drug-likeness (QED) is 0.488. The lowest BCUT2D eigenvalue weighted by molar-refractivity contribution is -0.137. The van der Waals surface area contributed by atoms with Gasteiger partial charge in [0, 0.05) is 31.0 Å². The van der Waals surface area contributed by atoms with Gasteiger partial charge in [-0.2, -0.15) is 4.52 Å². The summed E-state index contributed by atoms with van der Waals surface area (Å²) in [6.45, 7) is 0.265. The Hall–Kier alpha value is -3.94. The van der Waals surface area contributed by atoms with Gasteiger partial charge in [0.2, 0.25) is 0 Å². The topological polar surface area (TPSA) is 94.4 Å². The van der Waals surface area contributed by atoms with Crippen molar-refractivity contribution in [3.8, 4) is 11.3 Å². The summed E-state index contributed by atoms with van der Waals surface area (Å²) in [6.07, 6.45) is 0.314. The molecular formula is C22H19N5O3. The maximum Gasteiger partial charge on any atom is 0.303 e. The second-order valence-electron chi connectivity index (χ2n) is 7.27. The van der Waals surface area contributed by atoms with Crippen molar-refractivity contribution < 1.29 is 9.90 Å². The first kappa shape index (κ1) is 18.1. The first-order valence-corrected chi connectivity index (χ1v) is 9.70. The standard InChI is InChI=1S/C22H19N5O3/c1-25-16-11-6-5-10-15(16)18-20(25)27-21(26(22(18)30)13-7-12-17(28)29)19(23-24-27)14-8-3-2-4-9-14/h2-6,8-11H,7,12-13H2,1H3,(H,28,29). The van der Waals surface area contributed by atoms with E-state index in [1.54, 1.807) is 9.08 Å². The van der Waals surface area contributed by atoms with Gasteiger partial charge in [0.15, 0.2) is 11.3 Å². The van der Waals surface area contributed by atoms with Gasteiger partial charge in [-0.05, 0) is 12.5 Å². The Balaban J connectivity index is 1.90. The highest BCUT2D eigenvalue weighted by molar-refractivity contribution is 6.07. The lowest BCUT2D eigenvalue weighted by Gasteiger charge is -2.10. The summed E-state index contributed by atoms with van der Waals surface area (Å²) in [5, 5.41) is 19.2. The molecule has 0 amide bonds. The molecule has 0 fully saturated rings. The molecular weight excluding hydrogens is 382 g/mol. The van der Waals surface area contributed by atoms with Crippen LogP contribution in [0.3, 0.4) is 0 Å². The van der Waals surface area contributed by atoms with E-state index in [0.717, 1.165) is 16.5 Å². The minimum absolute atomic E-state index is 0.0194.